The first-order chi connectivity index (χ1) is 15.6. The van der Waals surface area contributed by atoms with Crippen LogP contribution >= 0.6 is 11.8 Å². The summed E-state index contributed by atoms with van der Waals surface area (Å²) >= 11 is 1.46. The van der Waals surface area contributed by atoms with E-state index in [1.165, 1.54) is 11.8 Å². The Morgan fingerprint density at radius 3 is 2.21 bits per heavy atom. The quantitative estimate of drug-likeness (QED) is 0.324. The monoisotopic (exact) mass is 500 g/mol. The number of hydrogen-bond donors (Lipinski definition) is 1. The topological polar surface area (TPSA) is 102 Å². The number of imide groups is 1. The molecule has 34 heavy (non-hydrogen) atoms. The summed E-state index contributed by atoms with van der Waals surface area (Å²) in [5.74, 6) is -0.698. The molecule has 0 saturated carbocycles. The highest BCUT2D eigenvalue weighted by molar-refractivity contribution is 8.01. The SMILES string of the molecule is CC(C)SC1CC(=O)N(CC(=O)NCCC(C)(C)OCCC(C)(C)OCCC(=O)C(C)C)C1=O. The first-order valence-corrected chi connectivity index (χ1v) is 13.1. The van der Waals surface area contributed by atoms with E-state index in [2.05, 4.69) is 5.32 Å². The van der Waals surface area contributed by atoms with Crippen molar-refractivity contribution >= 4 is 35.3 Å². The smallest absolute Gasteiger partial charge is 0.243 e. The Hall–Kier alpha value is -1.45. The highest BCUT2D eigenvalue weighted by atomic mass is 32.2. The number of hydrogen-bond acceptors (Lipinski definition) is 7. The van der Waals surface area contributed by atoms with E-state index in [-0.39, 0.29) is 47.6 Å². The summed E-state index contributed by atoms with van der Waals surface area (Å²) < 4.78 is 11.9. The Bertz CT molecular complexity index is 720. The van der Waals surface area contributed by atoms with Crippen LogP contribution in [0.25, 0.3) is 0 Å². The van der Waals surface area contributed by atoms with Crippen LogP contribution in [0, 0.1) is 5.92 Å². The first-order valence-electron chi connectivity index (χ1n) is 12.2. The summed E-state index contributed by atoms with van der Waals surface area (Å²) in [5.41, 5.74) is -0.864. The van der Waals surface area contributed by atoms with Crippen molar-refractivity contribution in [3.05, 3.63) is 0 Å². The molecule has 196 valence electrons. The van der Waals surface area contributed by atoms with Crippen LogP contribution in [0.2, 0.25) is 0 Å². The van der Waals surface area contributed by atoms with Gasteiger partial charge >= 0.3 is 0 Å². The molecule has 0 aromatic heterocycles. The van der Waals surface area contributed by atoms with Crippen LogP contribution in [0.3, 0.4) is 0 Å². The highest BCUT2D eigenvalue weighted by Crippen LogP contribution is 2.28. The minimum Gasteiger partial charge on any atom is -0.375 e. The predicted octanol–water partition coefficient (Wildman–Crippen LogP) is 3.36. The third-order valence-electron chi connectivity index (χ3n) is 5.67. The largest absolute Gasteiger partial charge is 0.375 e. The molecule has 0 aromatic carbocycles. The van der Waals surface area contributed by atoms with Crippen molar-refractivity contribution < 1.29 is 28.7 Å². The number of rotatable bonds is 16. The van der Waals surface area contributed by atoms with Gasteiger partial charge < -0.3 is 14.8 Å². The number of ketones is 1. The lowest BCUT2D eigenvalue weighted by Crippen LogP contribution is -2.42. The number of likely N-dealkylation sites (tertiary alicyclic amines) is 1. The molecule has 1 aliphatic heterocycles. The van der Waals surface area contributed by atoms with Gasteiger partial charge in [-0.1, -0.05) is 27.7 Å². The van der Waals surface area contributed by atoms with Crippen LogP contribution in [-0.2, 0) is 28.7 Å². The van der Waals surface area contributed by atoms with Gasteiger partial charge in [-0.05, 0) is 45.8 Å². The minimum absolute atomic E-state index is 0.0217. The molecule has 1 N–H and O–H groups in total. The second-order valence-electron chi connectivity index (χ2n) is 10.6. The molecule has 3 amide bonds. The number of nitrogens with zero attached hydrogens (tertiary/aromatic N) is 1. The van der Waals surface area contributed by atoms with Crippen LogP contribution < -0.4 is 5.32 Å². The molecule has 0 spiro atoms. The summed E-state index contributed by atoms with van der Waals surface area (Å²) in [7, 11) is 0. The summed E-state index contributed by atoms with van der Waals surface area (Å²) in [4.78, 5) is 49.6. The van der Waals surface area contributed by atoms with Crippen molar-refractivity contribution in [2.45, 2.75) is 103 Å². The van der Waals surface area contributed by atoms with Crippen molar-refractivity contribution in [1.29, 1.82) is 0 Å². The Balaban J connectivity index is 2.32. The number of ether oxygens (including phenoxy) is 2. The lowest BCUT2D eigenvalue weighted by molar-refractivity contribution is -0.142. The molecule has 1 saturated heterocycles. The number of amides is 3. The summed E-state index contributed by atoms with van der Waals surface area (Å²) in [6.07, 6.45) is 1.83. The van der Waals surface area contributed by atoms with Gasteiger partial charge in [-0.3, -0.25) is 24.1 Å². The third kappa shape index (κ3) is 11.3. The number of thioether (sulfide) groups is 1. The van der Waals surface area contributed by atoms with Gasteiger partial charge in [0.25, 0.3) is 0 Å². The van der Waals surface area contributed by atoms with E-state index in [1.807, 2.05) is 55.4 Å². The maximum atomic E-state index is 12.4. The van der Waals surface area contributed by atoms with Crippen LogP contribution in [-0.4, -0.2) is 76.4 Å². The zero-order valence-corrected chi connectivity index (χ0v) is 23.0. The lowest BCUT2D eigenvalue weighted by atomic mass is 10.0. The molecule has 1 fully saturated rings. The molecule has 9 heteroatoms. The molecule has 0 aliphatic carbocycles. The Labute approximate surface area is 209 Å². The molecule has 0 radical (unpaired) electrons. The molecular formula is C25H44N2O6S. The van der Waals surface area contributed by atoms with E-state index in [0.717, 1.165) is 4.90 Å². The van der Waals surface area contributed by atoms with E-state index in [1.54, 1.807) is 0 Å². The Morgan fingerprint density at radius 2 is 1.62 bits per heavy atom. The van der Waals surface area contributed by atoms with E-state index in [9.17, 15) is 19.2 Å². The average Bonchev–Trinajstić information content (AvgIpc) is 2.93. The van der Waals surface area contributed by atoms with Gasteiger partial charge in [0.05, 0.1) is 29.7 Å². The van der Waals surface area contributed by atoms with Gasteiger partial charge in [-0.15, -0.1) is 11.8 Å². The molecule has 1 aliphatic rings. The van der Waals surface area contributed by atoms with Crippen LogP contribution in [0.4, 0.5) is 0 Å². The van der Waals surface area contributed by atoms with Crippen molar-refractivity contribution in [2.24, 2.45) is 5.92 Å². The van der Waals surface area contributed by atoms with Gasteiger partial charge in [-0.2, -0.15) is 0 Å². The van der Waals surface area contributed by atoms with Crippen molar-refractivity contribution in [3.63, 3.8) is 0 Å². The third-order valence-corrected chi connectivity index (χ3v) is 6.91. The highest BCUT2D eigenvalue weighted by Gasteiger charge is 2.40. The average molecular weight is 501 g/mol. The van der Waals surface area contributed by atoms with Crippen LogP contribution in [0.15, 0.2) is 0 Å². The molecule has 0 aromatic rings. The van der Waals surface area contributed by atoms with Crippen LogP contribution in [0.1, 0.15) is 81.1 Å². The molecule has 1 heterocycles. The molecule has 0 bridgehead atoms. The number of carbonyl (C=O) groups is 4. The number of nitrogens with one attached hydrogen (secondary N) is 1. The fourth-order valence-corrected chi connectivity index (χ4v) is 4.53. The lowest BCUT2D eigenvalue weighted by Gasteiger charge is -2.30. The van der Waals surface area contributed by atoms with Gasteiger partial charge in [0.2, 0.25) is 17.7 Å². The second-order valence-corrected chi connectivity index (χ2v) is 12.4. The normalized spacial score (nSPS) is 17.2. The molecule has 1 rings (SSSR count). The predicted molar refractivity (Wildman–Crippen MR) is 135 cm³/mol. The standard InChI is InChI=1S/C25H44N2O6S/c1-17(2)19(28)9-13-32-25(7,8)11-14-33-24(5,6)10-12-26-21(29)16-27-22(30)15-20(23(27)31)34-18(3)4/h17-18,20H,9-16H2,1-8H3,(H,26,29). The van der Waals surface area contributed by atoms with Gasteiger partial charge in [-0.25, -0.2) is 0 Å². The van der Waals surface area contributed by atoms with Crippen molar-refractivity contribution in [3.8, 4) is 0 Å². The second kappa shape index (κ2) is 13.6. The Morgan fingerprint density at radius 1 is 1.03 bits per heavy atom. The molecule has 8 nitrogen and oxygen atoms in total. The zero-order valence-electron chi connectivity index (χ0n) is 22.2. The minimum atomic E-state index is -0.463. The number of Topliss-reactive ketones (excluding diaryl/α,β-unsaturated/α-hetero) is 1. The first kappa shape index (κ1) is 30.6. The van der Waals surface area contributed by atoms with Gasteiger partial charge in [0.15, 0.2) is 0 Å². The fraction of sp³-hybridized carbons (Fsp3) is 0.840. The fourth-order valence-electron chi connectivity index (χ4n) is 3.39. The van der Waals surface area contributed by atoms with E-state index < -0.39 is 16.5 Å². The van der Waals surface area contributed by atoms with Gasteiger partial charge in [0, 0.05) is 25.3 Å². The summed E-state index contributed by atoms with van der Waals surface area (Å²) in [5, 5.41) is 2.64. The summed E-state index contributed by atoms with van der Waals surface area (Å²) in [6.45, 7) is 16.6. The zero-order chi connectivity index (χ0) is 26.1. The maximum Gasteiger partial charge on any atom is 0.243 e. The van der Waals surface area contributed by atoms with E-state index in [0.29, 0.717) is 39.0 Å². The maximum absolute atomic E-state index is 12.4. The van der Waals surface area contributed by atoms with E-state index in [4.69, 9.17) is 9.47 Å². The molecule has 1 unspecified atom stereocenters. The molecular weight excluding hydrogens is 456 g/mol. The van der Waals surface area contributed by atoms with Gasteiger partial charge in [0.1, 0.15) is 12.3 Å². The Kier molecular flexibility index (Phi) is 12.2. The van der Waals surface area contributed by atoms with Crippen LogP contribution in [0.5, 0.6) is 0 Å². The van der Waals surface area contributed by atoms with Crippen molar-refractivity contribution in [1.82, 2.24) is 10.2 Å². The molecule has 1 atom stereocenters. The van der Waals surface area contributed by atoms with Crippen molar-refractivity contribution in [2.75, 3.05) is 26.3 Å². The van der Waals surface area contributed by atoms with E-state index >= 15 is 0 Å². The summed E-state index contributed by atoms with van der Waals surface area (Å²) in [6, 6.07) is 0. The number of carbonyl (C=O) groups excluding carboxylic acids is 4.